The zero-order valence-electron chi connectivity index (χ0n) is 14.6. The van der Waals surface area contributed by atoms with Crippen LogP contribution in [-0.4, -0.2) is 28.6 Å². The summed E-state index contributed by atoms with van der Waals surface area (Å²) >= 11 is 3.39. The van der Waals surface area contributed by atoms with E-state index in [1.165, 1.54) is 0 Å². The van der Waals surface area contributed by atoms with E-state index in [2.05, 4.69) is 38.1 Å². The molecule has 136 valence electrons. The van der Waals surface area contributed by atoms with Gasteiger partial charge >= 0.3 is 0 Å². The number of hydrogen-bond acceptors (Lipinski definition) is 3. The molecule has 0 radical (unpaired) electrons. The lowest BCUT2D eigenvalue weighted by Crippen LogP contribution is -2.23. The van der Waals surface area contributed by atoms with Crippen LogP contribution in [0, 0.1) is 11.8 Å². The Bertz CT molecular complexity index is 942. The van der Waals surface area contributed by atoms with Gasteiger partial charge in [-0.2, -0.15) is 0 Å². The third-order valence-corrected chi connectivity index (χ3v) is 4.20. The van der Waals surface area contributed by atoms with E-state index in [9.17, 15) is 4.79 Å². The SMILES string of the molecule is O=C(NCC#CCOc1cccc(Br)c1)c1ccc(Cn2ccnc2)cc1. The molecule has 1 heterocycles. The highest BCUT2D eigenvalue weighted by Gasteiger charge is 2.04. The average Bonchev–Trinajstić information content (AvgIpc) is 3.18. The van der Waals surface area contributed by atoms with Gasteiger partial charge in [-0.05, 0) is 35.9 Å². The zero-order valence-corrected chi connectivity index (χ0v) is 16.1. The van der Waals surface area contributed by atoms with Crippen LogP contribution in [0.2, 0.25) is 0 Å². The van der Waals surface area contributed by atoms with Crippen LogP contribution in [0.4, 0.5) is 0 Å². The fraction of sp³-hybridized carbons (Fsp3) is 0.143. The smallest absolute Gasteiger partial charge is 0.252 e. The topological polar surface area (TPSA) is 56.1 Å². The Hall–Kier alpha value is -3.04. The Kier molecular flexibility index (Phi) is 6.66. The van der Waals surface area contributed by atoms with Crippen LogP contribution in [0.25, 0.3) is 0 Å². The van der Waals surface area contributed by atoms with E-state index >= 15 is 0 Å². The molecule has 5 nitrogen and oxygen atoms in total. The molecule has 0 saturated carbocycles. The first kappa shape index (κ1) is 18.7. The summed E-state index contributed by atoms with van der Waals surface area (Å²) in [5.41, 5.74) is 1.71. The Morgan fingerprint density at radius 3 is 2.78 bits per heavy atom. The molecule has 1 amide bonds. The Morgan fingerprint density at radius 2 is 2.04 bits per heavy atom. The number of nitrogens with one attached hydrogen (secondary N) is 1. The third-order valence-electron chi connectivity index (χ3n) is 3.71. The molecule has 0 unspecified atom stereocenters. The monoisotopic (exact) mass is 423 g/mol. The number of rotatable bonds is 6. The van der Waals surface area contributed by atoms with Gasteiger partial charge in [-0.3, -0.25) is 4.79 Å². The van der Waals surface area contributed by atoms with Crippen LogP contribution in [0.5, 0.6) is 5.75 Å². The van der Waals surface area contributed by atoms with E-state index in [1.54, 1.807) is 12.5 Å². The van der Waals surface area contributed by atoms with Gasteiger partial charge in [0.05, 0.1) is 12.9 Å². The van der Waals surface area contributed by atoms with E-state index in [1.807, 2.05) is 59.3 Å². The summed E-state index contributed by atoms with van der Waals surface area (Å²) in [5.74, 6) is 6.37. The lowest BCUT2D eigenvalue weighted by molar-refractivity contribution is 0.0958. The van der Waals surface area contributed by atoms with Crippen molar-refractivity contribution in [1.29, 1.82) is 0 Å². The number of hydrogen-bond donors (Lipinski definition) is 1. The van der Waals surface area contributed by atoms with Crippen molar-refractivity contribution in [3.8, 4) is 17.6 Å². The van der Waals surface area contributed by atoms with E-state index in [4.69, 9.17) is 4.74 Å². The number of halogens is 1. The Balaban J connectivity index is 1.41. The quantitative estimate of drug-likeness (QED) is 0.617. The number of carbonyl (C=O) groups is 1. The van der Waals surface area contributed by atoms with Gasteiger partial charge in [0.15, 0.2) is 0 Å². The number of aromatic nitrogens is 2. The summed E-state index contributed by atoms with van der Waals surface area (Å²) in [6.45, 7) is 1.28. The minimum Gasteiger partial charge on any atom is -0.481 e. The van der Waals surface area contributed by atoms with Gasteiger partial charge in [-0.15, -0.1) is 0 Å². The molecule has 2 aromatic carbocycles. The van der Waals surface area contributed by atoms with Crippen molar-refractivity contribution in [3.05, 3.63) is 82.9 Å². The predicted molar refractivity (Wildman–Crippen MR) is 108 cm³/mol. The molecular formula is C21H18BrN3O2. The summed E-state index contributed by atoms with van der Waals surface area (Å²) < 4.78 is 8.44. The maximum Gasteiger partial charge on any atom is 0.252 e. The van der Waals surface area contributed by atoms with Gasteiger partial charge in [0, 0.05) is 29.0 Å². The summed E-state index contributed by atoms with van der Waals surface area (Å²) in [4.78, 5) is 16.1. The van der Waals surface area contributed by atoms with E-state index < -0.39 is 0 Å². The molecule has 3 aromatic rings. The van der Waals surface area contributed by atoms with Crippen LogP contribution in [0.1, 0.15) is 15.9 Å². The third kappa shape index (κ3) is 6.01. The number of carbonyl (C=O) groups excluding carboxylic acids is 1. The van der Waals surface area contributed by atoms with Gasteiger partial charge in [0.1, 0.15) is 12.4 Å². The molecule has 0 spiro atoms. The van der Waals surface area contributed by atoms with Crippen LogP contribution < -0.4 is 10.1 Å². The highest BCUT2D eigenvalue weighted by atomic mass is 79.9. The maximum atomic E-state index is 12.1. The lowest BCUT2D eigenvalue weighted by atomic mass is 10.1. The number of amides is 1. The molecule has 27 heavy (non-hydrogen) atoms. The zero-order chi connectivity index (χ0) is 18.9. The van der Waals surface area contributed by atoms with Crippen LogP contribution in [0.3, 0.4) is 0 Å². The molecule has 0 aliphatic carbocycles. The van der Waals surface area contributed by atoms with Gasteiger partial charge in [0.2, 0.25) is 0 Å². The highest BCUT2D eigenvalue weighted by Crippen LogP contribution is 2.17. The largest absolute Gasteiger partial charge is 0.481 e. The van der Waals surface area contributed by atoms with Gasteiger partial charge in [0.25, 0.3) is 5.91 Å². The first-order chi connectivity index (χ1) is 13.2. The number of ether oxygens (including phenoxy) is 1. The second-order valence-electron chi connectivity index (χ2n) is 5.71. The lowest BCUT2D eigenvalue weighted by Gasteiger charge is -2.05. The second-order valence-corrected chi connectivity index (χ2v) is 6.63. The van der Waals surface area contributed by atoms with E-state index in [0.717, 1.165) is 22.3 Å². The first-order valence-corrected chi connectivity index (χ1v) is 9.17. The van der Waals surface area contributed by atoms with Crippen molar-refractivity contribution < 1.29 is 9.53 Å². The minimum absolute atomic E-state index is 0.147. The summed E-state index contributed by atoms with van der Waals surface area (Å²) in [5, 5.41) is 2.78. The van der Waals surface area contributed by atoms with Gasteiger partial charge < -0.3 is 14.6 Å². The molecular weight excluding hydrogens is 406 g/mol. The predicted octanol–water partition coefficient (Wildman–Crippen LogP) is 3.51. The molecule has 0 atom stereocenters. The molecule has 0 fully saturated rings. The van der Waals surface area contributed by atoms with E-state index in [-0.39, 0.29) is 19.1 Å². The summed E-state index contributed by atoms with van der Waals surface area (Å²) in [7, 11) is 0. The van der Waals surface area contributed by atoms with Crippen molar-refractivity contribution in [3.63, 3.8) is 0 Å². The highest BCUT2D eigenvalue weighted by molar-refractivity contribution is 9.10. The molecule has 0 saturated heterocycles. The molecule has 6 heteroatoms. The molecule has 1 N–H and O–H groups in total. The van der Waals surface area contributed by atoms with Crippen molar-refractivity contribution >= 4 is 21.8 Å². The molecule has 3 rings (SSSR count). The molecule has 0 aliphatic rings. The summed E-state index contributed by atoms with van der Waals surface area (Å²) in [6, 6.07) is 15.1. The molecule has 0 bridgehead atoms. The van der Waals surface area contributed by atoms with Crippen molar-refractivity contribution in [2.45, 2.75) is 6.54 Å². The van der Waals surface area contributed by atoms with Crippen LogP contribution >= 0.6 is 15.9 Å². The normalized spacial score (nSPS) is 9.96. The number of imidazole rings is 1. The second kappa shape index (κ2) is 9.60. The minimum atomic E-state index is -0.147. The molecule has 0 aliphatic heterocycles. The van der Waals surface area contributed by atoms with Crippen LogP contribution in [-0.2, 0) is 6.54 Å². The standard InChI is InChI=1S/C21H18BrN3O2/c22-19-4-3-5-20(14-19)27-13-2-1-10-24-21(26)18-8-6-17(7-9-18)15-25-12-11-23-16-25/h3-9,11-12,14,16H,10,13,15H2,(H,24,26). The molecule has 1 aromatic heterocycles. The average molecular weight is 424 g/mol. The fourth-order valence-electron chi connectivity index (χ4n) is 2.37. The fourth-order valence-corrected chi connectivity index (χ4v) is 2.75. The van der Waals surface area contributed by atoms with Gasteiger partial charge in [-0.25, -0.2) is 4.98 Å². The maximum absolute atomic E-state index is 12.1. The van der Waals surface area contributed by atoms with Crippen molar-refractivity contribution in [2.75, 3.05) is 13.2 Å². The Labute approximate surface area is 166 Å². The van der Waals surface area contributed by atoms with Crippen molar-refractivity contribution in [1.82, 2.24) is 14.9 Å². The van der Waals surface area contributed by atoms with Gasteiger partial charge in [-0.1, -0.05) is 46.0 Å². The van der Waals surface area contributed by atoms with Crippen LogP contribution in [0.15, 0.2) is 71.7 Å². The Morgan fingerprint density at radius 1 is 1.19 bits per heavy atom. The van der Waals surface area contributed by atoms with Crippen molar-refractivity contribution in [2.24, 2.45) is 0 Å². The van der Waals surface area contributed by atoms with E-state index in [0.29, 0.717) is 5.56 Å². The summed E-state index contributed by atoms with van der Waals surface area (Å²) in [6.07, 6.45) is 5.41. The number of nitrogens with zero attached hydrogens (tertiary/aromatic N) is 2. The number of benzene rings is 2. The first-order valence-electron chi connectivity index (χ1n) is 8.38.